The van der Waals surface area contributed by atoms with Crippen LogP contribution in [-0.4, -0.2) is 32.5 Å². The van der Waals surface area contributed by atoms with Gasteiger partial charge in [-0.25, -0.2) is 4.98 Å². The van der Waals surface area contributed by atoms with Gasteiger partial charge in [0.15, 0.2) is 0 Å². The van der Waals surface area contributed by atoms with Crippen molar-refractivity contribution in [2.45, 2.75) is 57.5 Å². The summed E-state index contributed by atoms with van der Waals surface area (Å²) in [5.74, 6) is 1.27. The van der Waals surface area contributed by atoms with Crippen LogP contribution in [0.1, 0.15) is 51.0 Å². The molecule has 0 bridgehead atoms. The molecule has 0 saturated heterocycles. The Kier molecular flexibility index (Phi) is 5.66. The van der Waals surface area contributed by atoms with Gasteiger partial charge in [0.05, 0.1) is 17.5 Å². The Balaban J connectivity index is 1.52. The van der Waals surface area contributed by atoms with E-state index in [0.29, 0.717) is 12.0 Å². The van der Waals surface area contributed by atoms with Crippen LogP contribution in [0.3, 0.4) is 0 Å². The zero-order valence-corrected chi connectivity index (χ0v) is 17.3. The summed E-state index contributed by atoms with van der Waals surface area (Å²) in [4.78, 5) is 20.4. The van der Waals surface area contributed by atoms with Gasteiger partial charge in [-0.15, -0.1) is 0 Å². The Morgan fingerprint density at radius 2 is 1.97 bits per heavy atom. The molecular weight excluding hydrogens is 376 g/mol. The van der Waals surface area contributed by atoms with Crippen LogP contribution in [0.15, 0.2) is 42.7 Å². The molecule has 1 unspecified atom stereocenters. The van der Waals surface area contributed by atoms with Crippen molar-refractivity contribution in [2.24, 2.45) is 0 Å². The maximum Gasteiger partial charge on any atom is 0.224 e. The predicted octanol–water partition coefficient (Wildman–Crippen LogP) is 3.91. The molecule has 4 rings (SSSR count). The van der Waals surface area contributed by atoms with Crippen molar-refractivity contribution in [3.63, 3.8) is 0 Å². The van der Waals surface area contributed by atoms with Crippen molar-refractivity contribution < 1.29 is 4.79 Å². The first-order valence-electron chi connectivity index (χ1n) is 10.4. The largest absolute Gasteiger partial charge is 0.354 e. The molecule has 154 valence electrons. The van der Waals surface area contributed by atoms with Crippen molar-refractivity contribution in [1.82, 2.24) is 19.9 Å². The van der Waals surface area contributed by atoms with Crippen molar-refractivity contribution >= 4 is 22.8 Å². The third-order valence-corrected chi connectivity index (χ3v) is 5.78. The molecule has 0 radical (unpaired) electrons. The van der Waals surface area contributed by atoms with Gasteiger partial charge in [-0.1, -0.05) is 12.1 Å². The van der Waals surface area contributed by atoms with E-state index in [0.717, 1.165) is 48.0 Å². The summed E-state index contributed by atoms with van der Waals surface area (Å²) >= 11 is 0. The maximum absolute atomic E-state index is 11.2. The minimum Gasteiger partial charge on any atom is -0.354 e. The number of hydrogen-bond donors (Lipinski definition) is 2. The Labute approximate surface area is 176 Å². The number of anilines is 1. The van der Waals surface area contributed by atoms with E-state index in [4.69, 9.17) is 4.98 Å². The number of carbonyl (C=O) groups is 1. The molecule has 1 aromatic carbocycles. The molecule has 0 spiro atoms. The molecule has 2 heterocycles. The molecule has 1 amide bonds. The molecule has 0 aliphatic heterocycles. The molecule has 7 nitrogen and oxygen atoms in total. The summed E-state index contributed by atoms with van der Waals surface area (Å²) < 4.78 is 2.03. The van der Waals surface area contributed by atoms with E-state index < -0.39 is 0 Å². The topological polar surface area (TPSA) is 95.6 Å². The quantitative estimate of drug-likeness (QED) is 0.675. The molecule has 30 heavy (non-hydrogen) atoms. The molecule has 2 N–H and O–H groups in total. The Bertz CT molecular complexity index is 1090. The predicted molar refractivity (Wildman–Crippen MR) is 116 cm³/mol. The fraction of sp³-hybridized carbons (Fsp3) is 0.391. The van der Waals surface area contributed by atoms with Crippen molar-refractivity contribution in [2.75, 3.05) is 5.32 Å². The summed E-state index contributed by atoms with van der Waals surface area (Å²) in [6.07, 6.45) is 7.61. The van der Waals surface area contributed by atoms with Gasteiger partial charge in [0.2, 0.25) is 11.9 Å². The normalized spacial score (nSPS) is 19.8. The van der Waals surface area contributed by atoms with Crippen LogP contribution in [-0.2, 0) is 4.79 Å². The molecule has 3 aromatic rings. The van der Waals surface area contributed by atoms with Crippen LogP contribution in [0.5, 0.6) is 0 Å². The van der Waals surface area contributed by atoms with Crippen LogP contribution < -0.4 is 10.6 Å². The van der Waals surface area contributed by atoms with E-state index in [9.17, 15) is 10.1 Å². The van der Waals surface area contributed by atoms with Crippen LogP contribution in [0, 0.1) is 11.3 Å². The SMILES string of the molecule is CC(=O)N[C@H]1CC[C@H](Nc2nccc(-n3ccc4c(C(C)C#N)cccc43)n2)CC1. The third-order valence-electron chi connectivity index (χ3n) is 5.78. The van der Waals surface area contributed by atoms with Crippen LogP contribution in [0.25, 0.3) is 16.7 Å². The standard InChI is InChI=1S/C23H26N6O/c1-15(14-24)19-4-3-5-21-20(19)11-13-29(21)22-10-12-25-23(28-22)27-18-8-6-17(7-9-18)26-16(2)30/h3-5,10-13,15,17-18H,6-9H2,1-2H3,(H,26,30)(H,25,27,28)/t15?,17-,18-. The monoisotopic (exact) mass is 402 g/mol. The average molecular weight is 403 g/mol. The van der Waals surface area contributed by atoms with Gasteiger partial charge < -0.3 is 15.2 Å². The van der Waals surface area contributed by atoms with Gasteiger partial charge in [0.25, 0.3) is 0 Å². The highest BCUT2D eigenvalue weighted by Crippen LogP contribution is 2.28. The van der Waals surface area contributed by atoms with Gasteiger partial charge in [0.1, 0.15) is 5.82 Å². The highest BCUT2D eigenvalue weighted by molar-refractivity contribution is 5.86. The number of rotatable bonds is 5. The minimum atomic E-state index is -0.167. The lowest BCUT2D eigenvalue weighted by Gasteiger charge is -2.29. The highest BCUT2D eigenvalue weighted by Gasteiger charge is 2.22. The first kappa shape index (κ1) is 19.9. The van der Waals surface area contributed by atoms with Gasteiger partial charge in [-0.2, -0.15) is 10.2 Å². The Morgan fingerprint density at radius 3 is 2.70 bits per heavy atom. The van der Waals surface area contributed by atoms with Gasteiger partial charge >= 0.3 is 0 Å². The zero-order chi connectivity index (χ0) is 21.1. The number of carbonyl (C=O) groups excluding carboxylic acids is 1. The Morgan fingerprint density at radius 1 is 1.20 bits per heavy atom. The third kappa shape index (κ3) is 4.13. The lowest BCUT2D eigenvalue weighted by molar-refractivity contribution is -0.119. The molecule has 1 saturated carbocycles. The number of aromatic nitrogens is 3. The highest BCUT2D eigenvalue weighted by atomic mass is 16.1. The molecule has 2 aromatic heterocycles. The van der Waals surface area contributed by atoms with Crippen LogP contribution >= 0.6 is 0 Å². The summed E-state index contributed by atoms with van der Waals surface area (Å²) in [7, 11) is 0. The summed E-state index contributed by atoms with van der Waals surface area (Å²) in [5, 5.41) is 16.8. The van der Waals surface area contributed by atoms with Gasteiger partial charge in [-0.05, 0) is 56.4 Å². The van der Waals surface area contributed by atoms with Gasteiger partial charge in [0, 0.05) is 36.8 Å². The number of fused-ring (bicyclic) bond motifs is 1. The Hall–Kier alpha value is -3.40. The molecule has 1 aliphatic carbocycles. The second-order valence-electron chi connectivity index (χ2n) is 7.95. The van der Waals surface area contributed by atoms with E-state index in [1.54, 1.807) is 13.1 Å². The van der Waals surface area contributed by atoms with E-state index in [1.165, 1.54) is 0 Å². The van der Waals surface area contributed by atoms with E-state index in [1.807, 2.05) is 48.0 Å². The number of amides is 1. The lowest BCUT2D eigenvalue weighted by atomic mass is 9.91. The second-order valence-corrected chi connectivity index (χ2v) is 7.95. The number of benzene rings is 1. The molecule has 1 fully saturated rings. The van der Waals surface area contributed by atoms with E-state index in [-0.39, 0.29) is 17.9 Å². The first-order valence-corrected chi connectivity index (χ1v) is 10.4. The van der Waals surface area contributed by atoms with E-state index >= 15 is 0 Å². The van der Waals surface area contributed by atoms with Crippen molar-refractivity contribution in [3.05, 3.63) is 48.3 Å². The summed E-state index contributed by atoms with van der Waals surface area (Å²) in [6, 6.07) is 12.8. The average Bonchev–Trinajstić information content (AvgIpc) is 3.19. The molecule has 1 atom stereocenters. The second kappa shape index (κ2) is 8.54. The maximum atomic E-state index is 11.2. The van der Waals surface area contributed by atoms with Crippen LogP contribution in [0.2, 0.25) is 0 Å². The van der Waals surface area contributed by atoms with E-state index in [2.05, 4.69) is 21.7 Å². The smallest absolute Gasteiger partial charge is 0.224 e. The van der Waals surface area contributed by atoms with Crippen LogP contribution in [0.4, 0.5) is 5.95 Å². The number of hydrogen-bond acceptors (Lipinski definition) is 5. The fourth-order valence-corrected chi connectivity index (χ4v) is 4.24. The van der Waals surface area contributed by atoms with Gasteiger partial charge in [-0.3, -0.25) is 4.79 Å². The van der Waals surface area contributed by atoms with Crippen molar-refractivity contribution in [1.29, 1.82) is 5.26 Å². The molecular formula is C23H26N6O. The van der Waals surface area contributed by atoms with Crippen molar-refractivity contribution in [3.8, 4) is 11.9 Å². The summed E-state index contributed by atoms with van der Waals surface area (Å²) in [6.45, 7) is 3.48. The first-order chi connectivity index (χ1) is 14.5. The zero-order valence-electron chi connectivity index (χ0n) is 17.3. The number of nitriles is 1. The molecule has 1 aliphatic rings. The lowest BCUT2D eigenvalue weighted by Crippen LogP contribution is -2.39. The molecule has 7 heteroatoms. The summed E-state index contributed by atoms with van der Waals surface area (Å²) in [5.41, 5.74) is 2.05. The fourth-order valence-electron chi connectivity index (χ4n) is 4.24. The minimum absolute atomic E-state index is 0.0358. The number of nitrogens with zero attached hydrogens (tertiary/aromatic N) is 4. The number of nitrogens with one attached hydrogen (secondary N) is 2.